The van der Waals surface area contributed by atoms with Crippen LogP contribution in [0.15, 0.2) is 59.5 Å². The molecule has 6 heteroatoms. The van der Waals surface area contributed by atoms with Crippen molar-refractivity contribution >= 4 is 10.1 Å². The van der Waals surface area contributed by atoms with Crippen molar-refractivity contribution in [2.45, 2.75) is 36.8 Å². The molecule has 0 spiro atoms. The van der Waals surface area contributed by atoms with Crippen molar-refractivity contribution in [2.24, 2.45) is 0 Å². The van der Waals surface area contributed by atoms with Crippen LogP contribution in [0.4, 0.5) is 0 Å². The van der Waals surface area contributed by atoms with Gasteiger partial charge < -0.3 is 14.1 Å². The number of aliphatic hydroxyl groups excluding tert-OH is 1. The molecule has 142 valence electrons. The molecule has 5 nitrogen and oxygen atoms in total. The number of benzene rings is 2. The fraction of sp³-hybridized carbons (Fsp3) is 0.400. The minimum atomic E-state index is -4.27. The maximum absolute atomic E-state index is 10.4. The van der Waals surface area contributed by atoms with Gasteiger partial charge in [-0.25, -0.2) is 8.42 Å². The van der Waals surface area contributed by atoms with Crippen LogP contribution in [0.25, 0.3) is 0 Å². The average Bonchev–Trinajstić information content (AvgIpc) is 2.94. The third kappa shape index (κ3) is 5.38. The van der Waals surface area contributed by atoms with E-state index in [4.69, 9.17) is 0 Å². The lowest BCUT2D eigenvalue weighted by atomic mass is 10.00. The van der Waals surface area contributed by atoms with E-state index in [1.54, 1.807) is 12.1 Å². The Bertz CT molecular complexity index is 801. The molecular formula is C20H27NO4S. The standard InChI is InChI=1S/C13H20NO.C7H8O3S/c1-14(2)10-6-9-12(14)13(15)11-7-4-3-5-8-11;1-6-2-4-7(5-3-6)11(8,9)10/h3-5,7-8,12-13,15H,6,9-10H2,1-2H3;2-5H,1H3,(H,8,9,10)/q+1;/p-1. The summed E-state index contributed by atoms with van der Waals surface area (Å²) in [6.07, 6.45) is 2.04. The molecule has 0 bridgehead atoms. The van der Waals surface area contributed by atoms with E-state index in [9.17, 15) is 18.1 Å². The van der Waals surface area contributed by atoms with E-state index in [1.807, 2.05) is 37.3 Å². The minimum absolute atomic E-state index is 0.178. The van der Waals surface area contributed by atoms with E-state index in [2.05, 4.69) is 14.1 Å². The lowest BCUT2D eigenvalue weighted by molar-refractivity contribution is -0.906. The molecular weight excluding hydrogens is 350 g/mol. The predicted molar refractivity (Wildman–Crippen MR) is 101 cm³/mol. The summed E-state index contributed by atoms with van der Waals surface area (Å²) in [6, 6.07) is 16.1. The van der Waals surface area contributed by atoms with Crippen LogP contribution in [0.2, 0.25) is 0 Å². The Kier molecular flexibility index (Phi) is 6.58. The van der Waals surface area contributed by atoms with Crippen LogP contribution in [-0.2, 0) is 10.1 Å². The average molecular weight is 378 g/mol. The van der Waals surface area contributed by atoms with Crippen LogP contribution >= 0.6 is 0 Å². The Morgan fingerprint density at radius 1 is 1.08 bits per heavy atom. The van der Waals surface area contributed by atoms with Crippen LogP contribution in [0.1, 0.15) is 30.1 Å². The summed E-state index contributed by atoms with van der Waals surface area (Å²) in [6.45, 7) is 3.00. The van der Waals surface area contributed by atoms with Gasteiger partial charge >= 0.3 is 0 Å². The smallest absolute Gasteiger partial charge is 0.131 e. The van der Waals surface area contributed by atoms with Gasteiger partial charge in [-0.1, -0.05) is 48.0 Å². The number of aliphatic hydroxyl groups is 1. The van der Waals surface area contributed by atoms with Gasteiger partial charge in [0.25, 0.3) is 0 Å². The molecule has 0 aliphatic carbocycles. The van der Waals surface area contributed by atoms with E-state index in [0.29, 0.717) is 6.04 Å². The SMILES string of the molecule is C[N+]1(C)CCCC1C(O)c1ccccc1.Cc1ccc(S(=O)(=O)[O-])cc1. The molecule has 3 rings (SSSR count). The Hall–Kier alpha value is -1.73. The van der Waals surface area contributed by atoms with Gasteiger partial charge in [-0.15, -0.1) is 0 Å². The van der Waals surface area contributed by atoms with Crippen LogP contribution < -0.4 is 0 Å². The van der Waals surface area contributed by atoms with E-state index in [-0.39, 0.29) is 11.0 Å². The van der Waals surface area contributed by atoms with Crippen LogP contribution in [0.5, 0.6) is 0 Å². The number of likely N-dealkylation sites (N-methyl/N-ethyl adjacent to an activating group) is 1. The normalized spacial score (nSPS) is 20.1. The molecule has 2 unspecified atom stereocenters. The van der Waals surface area contributed by atoms with Crippen molar-refractivity contribution in [3.63, 3.8) is 0 Å². The molecule has 2 aromatic rings. The first-order valence-electron chi connectivity index (χ1n) is 8.69. The molecule has 1 saturated heterocycles. The first-order valence-corrected chi connectivity index (χ1v) is 10.1. The van der Waals surface area contributed by atoms with Gasteiger partial charge in [-0.2, -0.15) is 0 Å². The van der Waals surface area contributed by atoms with Crippen molar-refractivity contribution in [3.8, 4) is 0 Å². The molecule has 0 saturated carbocycles. The van der Waals surface area contributed by atoms with Gasteiger partial charge in [0.1, 0.15) is 22.3 Å². The van der Waals surface area contributed by atoms with Gasteiger partial charge in [-0.3, -0.25) is 0 Å². The van der Waals surface area contributed by atoms with Crippen molar-refractivity contribution < 1.29 is 22.6 Å². The van der Waals surface area contributed by atoms with E-state index in [0.717, 1.165) is 22.0 Å². The Balaban J connectivity index is 0.000000197. The zero-order valence-corrected chi connectivity index (χ0v) is 16.3. The summed E-state index contributed by atoms with van der Waals surface area (Å²) in [5.41, 5.74) is 1.98. The second-order valence-electron chi connectivity index (χ2n) is 7.33. The second-order valence-corrected chi connectivity index (χ2v) is 8.71. The third-order valence-electron chi connectivity index (χ3n) is 4.95. The van der Waals surface area contributed by atoms with Crippen LogP contribution in [-0.4, -0.2) is 49.2 Å². The lowest BCUT2D eigenvalue weighted by Gasteiger charge is -2.34. The molecule has 2 aromatic carbocycles. The zero-order valence-electron chi connectivity index (χ0n) is 15.5. The molecule has 1 N–H and O–H groups in total. The molecule has 2 atom stereocenters. The number of hydrogen-bond acceptors (Lipinski definition) is 4. The minimum Gasteiger partial charge on any atom is -0.744 e. The lowest BCUT2D eigenvalue weighted by Crippen LogP contribution is -2.47. The van der Waals surface area contributed by atoms with E-state index >= 15 is 0 Å². The highest BCUT2D eigenvalue weighted by atomic mass is 32.2. The maximum Gasteiger partial charge on any atom is 0.131 e. The van der Waals surface area contributed by atoms with Gasteiger partial charge in [0.2, 0.25) is 0 Å². The number of likely N-dealkylation sites (tertiary alicyclic amines) is 1. The first kappa shape index (κ1) is 20.6. The summed E-state index contributed by atoms with van der Waals surface area (Å²) in [4.78, 5) is -0.178. The molecule has 0 amide bonds. The molecule has 0 aromatic heterocycles. The molecule has 1 heterocycles. The Morgan fingerprint density at radius 3 is 2.12 bits per heavy atom. The monoisotopic (exact) mass is 377 g/mol. The molecule has 0 radical (unpaired) electrons. The summed E-state index contributed by atoms with van der Waals surface area (Å²) in [5, 5.41) is 10.3. The first-order chi connectivity index (χ1) is 12.1. The summed E-state index contributed by atoms with van der Waals surface area (Å²) in [5.74, 6) is 0. The molecule has 1 aliphatic rings. The number of quaternary nitrogens is 1. The highest BCUT2D eigenvalue weighted by molar-refractivity contribution is 7.85. The fourth-order valence-electron chi connectivity index (χ4n) is 3.34. The number of hydrogen-bond donors (Lipinski definition) is 1. The molecule has 26 heavy (non-hydrogen) atoms. The van der Waals surface area contributed by atoms with Crippen LogP contribution in [0.3, 0.4) is 0 Å². The maximum atomic E-state index is 10.4. The number of rotatable bonds is 3. The fourth-order valence-corrected chi connectivity index (χ4v) is 3.81. The van der Waals surface area contributed by atoms with E-state index < -0.39 is 10.1 Å². The summed E-state index contributed by atoms with van der Waals surface area (Å²) >= 11 is 0. The van der Waals surface area contributed by atoms with Gasteiger partial charge in [-0.05, 0) is 24.6 Å². The topological polar surface area (TPSA) is 77.4 Å². The second kappa shape index (κ2) is 8.31. The quantitative estimate of drug-likeness (QED) is 0.659. The summed E-state index contributed by atoms with van der Waals surface area (Å²) < 4.78 is 32.1. The highest BCUT2D eigenvalue weighted by Gasteiger charge is 2.39. The molecule has 1 aliphatic heterocycles. The number of nitrogens with zero attached hydrogens (tertiary/aromatic N) is 1. The summed E-state index contributed by atoms with van der Waals surface area (Å²) in [7, 11) is 0.155. The number of aryl methyl sites for hydroxylation is 1. The van der Waals surface area contributed by atoms with E-state index in [1.165, 1.54) is 25.1 Å². The van der Waals surface area contributed by atoms with Gasteiger partial charge in [0.15, 0.2) is 0 Å². The zero-order chi connectivity index (χ0) is 19.4. The van der Waals surface area contributed by atoms with Crippen molar-refractivity contribution in [1.82, 2.24) is 0 Å². The van der Waals surface area contributed by atoms with Crippen molar-refractivity contribution in [2.75, 3.05) is 20.6 Å². The van der Waals surface area contributed by atoms with Gasteiger partial charge in [0.05, 0.1) is 25.5 Å². The third-order valence-corrected chi connectivity index (χ3v) is 5.80. The van der Waals surface area contributed by atoms with Crippen molar-refractivity contribution in [1.29, 1.82) is 0 Å². The van der Waals surface area contributed by atoms with Crippen LogP contribution in [0, 0.1) is 6.92 Å². The molecule has 1 fully saturated rings. The van der Waals surface area contributed by atoms with Crippen molar-refractivity contribution in [3.05, 3.63) is 65.7 Å². The highest BCUT2D eigenvalue weighted by Crippen LogP contribution is 2.32. The Labute approximate surface area is 156 Å². The predicted octanol–water partition coefficient (Wildman–Crippen LogP) is 2.86. The Morgan fingerprint density at radius 2 is 1.65 bits per heavy atom. The van der Waals surface area contributed by atoms with Gasteiger partial charge in [0, 0.05) is 12.8 Å². The largest absolute Gasteiger partial charge is 0.744 e.